The van der Waals surface area contributed by atoms with Crippen molar-refractivity contribution >= 4 is 35.1 Å². The fraction of sp³-hybridized carbons (Fsp3) is 0.143. The van der Waals surface area contributed by atoms with Gasteiger partial charge in [0, 0.05) is 11.2 Å². The molecule has 0 aliphatic rings. The second kappa shape index (κ2) is 7.15. The molecule has 0 spiro atoms. The minimum absolute atomic E-state index is 0.399. The Bertz CT molecular complexity index is 603. The first kappa shape index (κ1) is 15.4. The van der Waals surface area contributed by atoms with Gasteiger partial charge in [-0.25, -0.2) is 9.78 Å². The predicted octanol–water partition coefficient (Wildman–Crippen LogP) is 3.93. The molecule has 2 N–H and O–H groups in total. The lowest BCUT2D eigenvalue weighted by molar-refractivity contribution is 0.183. The van der Waals surface area contributed by atoms with E-state index in [1.165, 1.54) is 6.20 Å². The molecule has 0 saturated carbocycles. The Morgan fingerprint density at radius 3 is 2.43 bits per heavy atom. The molecule has 0 radical (unpaired) electrons. The number of ether oxygens (including phenoxy) is 1. The summed E-state index contributed by atoms with van der Waals surface area (Å²) >= 11 is 11.5. The number of rotatable bonds is 4. The first-order valence-corrected chi connectivity index (χ1v) is 6.90. The monoisotopic (exact) mass is 325 g/mol. The summed E-state index contributed by atoms with van der Waals surface area (Å²) in [4.78, 5) is 15.7. The van der Waals surface area contributed by atoms with Gasteiger partial charge in [0.25, 0.3) is 0 Å². The molecule has 1 heterocycles. The number of anilines is 1. The summed E-state index contributed by atoms with van der Waals surface area (Å²) in [6, 6.07) is 9.68. The van der Waals surface area contributed by atoms with E-state index in [4.69, 9.17) is 27.9 Å². The van der Waals surface area contributed by atoms with E-state index in [1.54, 1.807) is 43.3 Å². The van der Waals surface area contributed by atoms with Gasteiger partial charge in [0.05, 0.1) is 5.02 Å². The van der Waals surface area contributed by atoms with Crippen molar-refractivity contribution in [3.8, 4) is 5.75 Å². The zero-order valence-electron chi connectivity index (χ0n) is 11.1. The number of carbonyl (C=O) groups excluding carboxylic acids is 1. The minimum Gasteiger partial charge on any atom is -0.471 e. The molecule has 1 aromatic heterocycles. The SMILES string of the molecule is CC(NC(=O)Nc1ccc(Cl)cn1)Oc1ccc(Cl)cc1. The first-order chi connectivity index (χ1) is 10.0. The summed E-state index contributed by atoms with van der Waals surface area (Å²) in [6.45, 7) is 1.71. The highest BCUT2D eigenvalue weighted by Crippen LogP contribution is 2.16. The molecule has 21 heavy (non-hydrogen) atoms. The average Bonchev–Trinajstić information content (AvgIpc) is 2.44. The maximum Gasteiger partial charge on any atom is 0.323 e. The molecule has 2 rings (SSSR count). The summed E-state index contributed by atoms with van der Waals surface area (Å²) < 4.78 is 5.52. The summed E-state index contributed by atoms with van der Waals surface area (Å²) in [5.74, 6) is 1.01. The van der Waals surface area contributed by atoms with Crippen LogP contribution in [0.1, 0.15) is 6.92 Å². The van der Waals surface area contributed by atoms with Crippen molar-refractivity contribution in [2.24, 2.45) is 0 Å². The molecule has 7 heteroatoms. The lowest BCUT2D eigenvalue weighted by Crippen LogP contribution is -2.39. The molecule has 0 saturated heterocycles. The van der Waals surface area contributed by atoms with Crippen molar-refractivity contribution < 1.29 is 9.53 Å². The van der Waals surface area contributed by atoms with Crippen LogP contribution in [0.2, 0.25) is 10.0 Å². The molecular formula is C14H13Cl2N3O2. The number of aromatic nitrogens is 1. The van der Waals surface area contributed by atoms with Crippen LogP contribution in [0.15, 0.2) is 42.6 Å². The van der Waals surface area contributed by atoms with Gasteiger partial charge in [-0.15, -0.1) is 0 Å². The van der Waals surface area contributed by atoms with Gasteiger partial charge in [-0.1, -0.05) is 23.2 Å². The van der Waals surface area contributed by atoms with Crippen LogP contribution in [0.3, 0.4) is 0 Å². The van der Waals surface area contributed by atoms with Crippen LogP contribution in [-0.4, -0.2) is 17.2 Å². The molecule has 5 nitrogen and oxygen atoms in total. The number of nitrogens with zero attached hydrogens (tertiary/aromatic N) is 1. The maximum atomic E-state index is 11.8. The van der Waals surface area contributed by atoms with Crippen molar-refractivity contribution in [1.29, 1.82) is 0 Å². The molecule has 0 bridgehead atoms. The lowest BCUT2D eigenvalue weighted by Gasteiger charge is -2.16. The number of amides is 2. The van der Waals surface area contributed by atoms with Crippen LogP contribution in [-0.2, 0) is 0 Å². The van der Waals surface area contributed by atoms with Gasteiger partial charge in [-0.2, -0.15) is 0 Å². The van der Waals surface area contributed by atoms with Crippen molar-refractivity contribution in [3.63, 3.8) is 0 Å². The summed E-state index contributed by atoms with van der Waals surface area (Å²) in [5.41, 5.74) is 0. The van der Waals surface area contributed by atoms with Gasteiger partial charge in [-0.3, -0.25) is 5.32 Å². The third kappa shape index (κ3) is 5.13. The zero-order valence-corrected chi connectivity index (χ0v) is 12.7. The van der Waals surface area contributed by atoms with E-state index in [-0.39, 0.29) is 0 Å². The third-order valence-corrected chi connectivity index (χ3v) is 2.91. The number of urea groups is 1. The molecule has 1 aromatic carbocycles. The largest absolute Gasteiger partial charge is 0.471 e. The maximum absolute atomic E-state index is 11.8. The van der Waals surface area contributed by atoms with Crippen LogP contribution in [0.4, 0.5) is 10.6 Å². The molecule has 1 unspecified atom stereocenters. The molecular weight excluding hydrogens is 313 g/mol. The van der Waals surface area contributed by atoms with Gasteiger partial charge >= 0.3 is 6.03 Å². The van der Waals surface area contributed by atoms with Crippen LogP contribution < -0.4 is 15.4 Å². The fourth-order valence-electron chi connectivity index (χ4n) is 1.53. The number of hydrogen-bond donors (Lipinski definition) is 2. The topological polar surface area (TPSA) is 63.2 Å². The highest BCUT2D eigenvalue weighted by Gasteiger charge is 2.09. The highest BCUT2D eigenvalue weighted by molar-refractivity contribution is 6.30. The first-order valence-electron chi connectivity index (χ1n) is 6.14. The van der Waals surface area contributed by atoms with Gasteiger partial charge in [-0.05, 0) is 43.3 Å². The highest BCUT2D eigenvalue weighted by atomic mass is 35.5. The molecule has 0 fully saturated rings. The smallest absolute Gasteiger partial charge is 0.323 e. The number of halogens is 2. The average molecular weight is 326 g/mol. The van der Waals surface area contributed by atoms with E-state index in [1.807, 2.05) is 0 Å². The lowest BCUT2D eigenvalue weighted by atomic mass is 10.3. The van der Waals surface area contributed by atoms with E-state index in [0.717, 1.165) is 0 Å². The number of hydrogen-bond acceptors (Lipinski definition) is 3. The molecule has 2 aromatic rings. The Kier molecular flexibility index (Phi) is 5.25. The number of nitrogens with one attached hydrogen (secondary N) is 2. The molecule has 110 valence electrons. The van der Waals surface area contributed by atoms with E-state index >= 15 is 0 Å². The Labute approximate surface area is 132 Å². The molecule has 1 atom stereocenters. The van der Waals surface area contributed by atoms with Crippen molar-refractivity contribution in [3.05, 3.63) is 52.6 Å². The molecule has 0 aliphatic carbocycles. The number of pyridine rings is 1. The van der Waals surface area contributed by atoms with E-state index in [0.29, 0.717) is 21.6 Å². The van der Waals surface area contributed by atoms with Crippen molar-refractivity contribution in [2.45, 2.75) is 13.2 Å². The van der Waals surface area contributed by atoms with E-state index in [9.17, 15) is 4.79 Å². The summed E-state index contributed by atoms with van der Waals surface area (Å²) in [6.07, 6.45) is 0.934. The second-order valence-corrected chi connectivity index (χ2v) is 5.05. The second-order valence-electron chi connectivity index (χ2n) is 4.17. The Balaban J connectivity index is 1.84. The van der Waals surface area contributed by atoms with Crippen LogP contribution in [0.25, 0.3) is 0 Å². The molecule has 2 amide bonds. The van der Waals surface area contributed by atoms with Crippen molar-refractivity contribution in [2.75, 3.05) is 5.32 Å². The summed E-state index contributed by atoms with van der Waals surface area (Å²) in [7, 11) is 0. The van der Waals surface area contributed by atoms with Crippen LogP contribution in [0.5, 0.6) is 5.75 Å². The van der Waals surface area contributed by atoms with Crippen LogP contribution >= 0.6 is 23.2 Å². The van der Waals surface area contributed by atoms with Gasteiger partial charge < -0.3 is 10.1 Å². The van der Waals surface area contributed by atoms with E-state index in [2.05, 4.69) is 15.6 Å². The van der Waals surface area contributed by atoms with Gasteiger partial charge in [0.15, 0.2) is 6.23 Å². The standard InChI is InChI=1S/C14H13Cl2N3O2/c1-9(21-12-5-2-10(15)3-6-12)18-14(20)19-13-7-4-11(16)8-17-13/h2-9H,1H3,(H2,17,18,19,20). The summed E-state index contributed by atoms with van der Waals surface area (Å²) in [5, 5.41) is 6.32. The quantitative estimate of drug-likeness (QED) is 0.837. The Morgan fingerprint density at radius 1 is 1.14 bits per heavy atom. The third-order valence-electron chi connectivity index (χ3n) is 2.43. The van der Waals surface area contributed by atoms with Gasteiger partial charge in [0.1, 0.15) is 11.6 Å². The van der Waals surface area contributed by atoms with Crippen LogP contribution in [0, 0.1) is 0 Å². The Morgan fingerprint density at radius 2 is 1.81 bits per heavy atom. The molecule has 0 aliphatic heterocycles. The normalized spacial score (nSPS) is 11.6. The number of benzene rings is 1. The van der Waals surface area contributed by atoms with Crippen molar-refractivity contribution in [1.82, 2.24) is 10.3 Å². The van der Waals surface area contributed by atoms with Gasteiger partial charge in [0.2, 0.25) is 0 Å². The predicted molar refractivity (Wildman–Crippen MR) is 82.9 cm³/mol. The Hall–Kier alpha value is -1.98. The zero-order chi connectivity index (χ0) is 15.2. The number of carbonyl (C=O) groups is 1. The fourth-order valence-corrected chi connectivity index (χ4v) is 1.77. The van der Waals surface area contributed by atoms with E-state index < -0.39 is 12.3 Å². The minimum atomic E-state index is -0.515.